The second kappa shape index (κ2) is 10.0. The Kier molecular flexibility index (Phi) is 6.75. The van der Waals surface area contributed by atoms with Crippen LogP contribution in [0.3, 0.4) is 0 Å². The lowest BCUT2D eigenvalue weighted by atomic mass is 10.2. The Morgan fingerprint density at radius 3 is 2.58 bits per heavy atom. The largest absolute Gasteiger partial charge is 0.383 e. The van der Waals surface area contributed by atoms with Gasteiger partial charge in [0.25, 0.3) is 5.56 Å². The van der Waals surface area contributed by atoms with Crippen molar-refractivity contribution in [3.63, 3.8) is 0 Å². The number of nitrogens with one attached hydrogen (secondary N) is 1. The Hall–Kier alpha value is -4.05. The average Bonchev–Trinajstić information content (AvgIpc) is 3.27. The molecule has 10 heteroatoms. The molecule has 0 saturated carbocycles. The van der Waals surface area contributed by atoms with Crippen molar-refractivity contribution in [3.8, 4) is 0 Å². The van der Waals surface area contributed by atoms with Crippen molar-refractivity contribution in [1.82, 2.24) is 29.0 Å². The topological polar surface area (TPSA) is 113 Å². The molecule has 170 valence electrons. The summed E-state index contributed by atoms with van der Waals surface area (Å²) in [6.07, 6.45) is 4.79. The Balaban J connectivity index is 1.72. The van der Waals surface area contributed by atoms with Crippen molar-refractivity contribution in [3.05, 3.63) is 93.2 Å². The molecule has 3 aromatic heterocycles. The van der Waals surface area contributed by atoms with Gasteiger partial charge in [-0.2, -0.15) is 0 Å². The van der Waals surface area contributed by atoms with Gasteiger partial charge in [0.15, 0.2) is 11.2 Å². The van der Waals surface area contributed by atoms with Crippen molar-refractivity contribution in [1.29, 1.82) is 0 Å². The minimum Gasteiger partial charge on any atom is -0.383 e. The van der Waals surface area contributed by atoms with Gasteiger partial charge in [0.1, 0.15) is 6.54 Å². The summed E-state index contributed by atoms with van der Waals surface area (Å²) >= 11 is 0. The third-order valence-corrected chi connectivity index (χ3v) is 5.22. The van der Waals surface area contributed by atoms with Crippen LogP contribution in [0.15, 0.2) is 70.8 Å². The number of carbonyl (C=O) groups is 1. The summed E-state index contributed by atoms with van der Waals surface area (Å²) in [5.41, 5.74) is 1.06. The van der Waals surface area contributed by atoms with E-state index >= 15 is 0 Å². The summed E-state index contributed by atoms with van der Waals surface area (Å²) in [7, 11) is 1.56. The molecule has 0 aliphatic heterocycles. The second-order valence-electron chi connectivity index (χ2n) is 7.49. The third kappa shape index (κ3) is 4.90. The lowest BCUT2D eigenvalue weighted by Gasteiger charge is -2.13. The number of imidazole rings is 1. The minimum absolute atomic E-state index is 0.217. The number of amides is 1. The Morgan fingerprint density at radius 1 is 1.06 bits per heavy atom. The fraction of sp³-hybridized carbons (Fsp3) is 0.261. The van der Waals surface area contributed by atoms with Gasteiger partial charge >= 0.3 is 5.69 Å². The normalized spacial score (nSPS) is 11.1. The Bertz CT molecular complexity index is 1360. The third-order valence-electron chi connectivity index (χ3n) is 5.22. The number of aromatic nitrogens is 5. The maximum Gasteiger partial charge on any atom is 0.333 e. The van der Waals surface area contributed by atoms with Crippen LogP contribution in [0, 0.1) is 0 Å². The van der Waals surface area contributed by atoms with Crippen LogP contribution in [0.5, 0.6) is 0 Å². The van der Waals surface area contributed by atoms with Crippen molar-refractivity contribution in [2.45, 2.75) is 26.2 Å². The fourth-order valence-corrected chi connectivity index (χ4v) is 3.55. The van der Waals surface area contributed by atoms with Gasteiger partial charge in [-0.15, -0.1) is 0 Å². The molecule has 1 N–H and O–H groups in total. The summed E-state index contributed by atoms with van der Waals surface area (Å²) in [5, 5.41) is 2.73. The highest BCUT2D eigenvalue weighted by molar-refractivity contribution is 5.76. The number of ether oxygens (including phenoxy) is 1. The van der Waals surface area contributed by atoms with Gasteiger partial charge in [0, 0.05) is 32.6 Å². The number of pyridine rings is 1. The van der Waals surface area contributed by atoms with Crippen LogP contribution in [0.2, 0.25) is 0 Å². The molecule has 0 aliphatic rings. The van der Waals surface area contributed by atoms with Gasteiger partial charge < -0.3 is 14.6 Å². The maximum absolute atomic E-state index is 13.3. The number of fused-ring (bicyclic) bond motifs is 1. The van der Waals surface area contributed by atoms with Gasteiger partial charge in [0.05, 0.1) is 19.5 Å². The van der Waals surface area contributed by atoms with E-state index in [1.807, 2.05) is 36.4 Å². The summed E-state index contributed by atoms with van der Waals surface area (Å²) < 4.78 is 9.15. The summed E-state index contributed by atoms with van der Waals surface area (Å²) in [4.78, 5) is 47.5. The zero-order valence-corrected chi connectivity index (χ0v) is 18.2. The van der Waals surface area contributed by atoms with Gasteiger partial charge in [-0.25, -0.2) is 14.3 Å². The maximum atomic E-state index is 13.3. The van der Waals surface area contributed by atoms with E-state index < -0.39 is 23.7 Å². The van der Waals surface area contributed by atoms with E-state index in [-0.39, 0.29) is 24.3 Å². The second-order valence-corrected chi connectivity index (χ2v) is 7.49. The van der Waals surface area contributed by atoms with Gasteiger partial charge in [-0.1, -0.05) is 36.4 Å². The summed E-state index contributed by atoms with van der Waals surface area (Å²) in [6, 6.07) is 13.0. The standard InChI is InChI=1S/C23H24N6O4/c1-33-11-10-27-16-26-21-20(27)22(31)29(15-19(30)25-13-18-8-5-9-24-12-18)23(32)28(21)14-17-6-3-2-4-7-17/h2-9,12,16H,10-11,13-15H2,1H3,(H,25,30). The molecule has 10 nitrogen and oxygen atoms in total. The van der Waals surface area contributed by atoms with Crippen molar-refractivity contribution in [2.75, 3.05) is 13.7 Å². The van der Waals surface area contributed by atoms with E-state index in [1.165, 1.54) is 10.9 Å². The minimum atomic E-state index is -0.593. The highest BCUT2D eigenvalue weighted by Crippen LogP contribution is 2.10. The van der Waals surface area contributed by atoms with E-state index in [2.05, 4.69) is 15.3 Å². The first-order valence-electron chi connectivity index (χ1n) is 10.5. The van der Waals surface area contributed by atoms with Crippen LogP contribution in [0.1, 0.15) is 11.1 Å². The van der Waals surface area contributed by atoms with Crippen molar-refractivity contribution < 1.29 is 9.53 Å². The first-order chi connectivity index (χ1) is 16.1. The van der Waals surface area contributed by atoms with Crippen LogP contribution in [0.25, 0.3) is 11.2 Å². The molecule has 0 spiro atoms. The van der Waals surface area contributed by atoms with Crippen LogP contribution in [0.4, 0.5) is 0 Å². The molecule has 1 amide bonds. The predicted octanol–water partition coefficient (Wildman–Crippen LogP) is 0.766. The van der Waals surface area contributed by atoms with Crippen LogP contribution in [-0.2, 0) is 35.7 Å². The van der Waals surface area contributed by atoms with Crippen molar-refractivity contribution in [2.24, 2.45) is 0 Å². The number of hydrogen-bond donors (Lipinski definition) is 1. The first-order valence-corrected chi connectivity index (χ1v) is 10.5. The van der Waals surface area contributed by atoms with E-state index in [4.69, 9.17) is 4.74 Å². The van der Waals surface area contributed by atoms with Gasteiger partial charge in [0.2, 0.25) is 5.91 Å². The van der Waals surface area contributed by atoms with Crippen LogP contribution >= 0.6 is 0 Å². The molecule has 3 heterocycles. The van der Waals surface area contributed by atoms with E-state index in [0.717, 1.165) is 15.7 Å². The monoisotopic (exact) mass is 448 g/mol. The quantitative estimate of drug-likeness (QED) is 0.405. The number of benzene rings is 1. The van der Waals surface area contributed by atoms with E-state index in [1.54, 1.807) is 30.1 Å². The zero-order chi connectivity index (χ0) is 23.2. The lowest BCUT2D eigenvalue weighted by Crippen LogP contribution is -2.44. The van der Waals surface area contributed by atoms with Crippen LogP contribution in [-0.4, -0.2) is 43.3 Å². The predicted molar refractivity (Wildman–Crippen MR) is 122 cm³/mol. The molecule has 0 unspecified atom stereocenters. The number of rotatable bonds is 9. The number of nitrogens with zero attached hydrogens (tertiary/aromatic N) is 5. The molecule has 0 saturated heterocycles. The molecule has 0 bridgehead atoms. The highest BCUT2D eigenvalue weighted by atomic mass is 16.5. The van der Waals surface area contributed by atoms with E-state index in [9.17, 15) is 14.4 Å². The fourth-order valence-electron chi connectivity index (χ4n) is 3.55. The van der Waals surface area contributed by atoms with E-state index in [0.29, 0.717) is 13.2 Å². The molecular weight excluding hydrogens is 424 g/mol. The molecule has 4 aromatic rings. The number of hydrogen-bond acceptors (Lipinski definition) is 6. The molecule has 33 heavy (non-hydrogen) atoms. The molecule has 0 radical (unpaired) electrons. The SMILES string of the molecule is COCCn1cnc2c1c(=O)n(CC(=O)NCc1cccnc1)c(=O)n2Cc1ccccc1. The molecule has 0 fully saturated rings. The van der Waals surface area contributed by atoms with Crippen molar-refractivity contribution >= 4 is 17.1 Å². The van der Waals surface area contributed by atoms with Gasteiger partial charge in [-0.3, -0.25) is 19.1 Å². The number of carbonyl (C=O) groups excluding carboxylic acids is 1. The highest BCUT2D eigenvalue weighted by Gasteiger charge is 2.20. The van der Waals surface area contributed by atoms with Gasteiger partial charge in [-0.05, 0) is 17.2 Å². The van der Waals surface area contributed by atoms with Crippen LogP contribution < -0.4 is 16.6 Å². The average molecular weight is 448 g/mol. The Morgan fingerprint density at radius 2 is 1.85 bits per heavy atom. The zero-order valence-electron chi connectivity index (χ0n) is 18.2. The molecule has 0 aliphatic carbocycles. The molecule has 0 atom stereocenters. The summed E-state index contributed by atoms with van der Waals surface area (Å²) in [6.45, 7) is 0.814. The molecule has 1 aromatic carbocycles. The lowest BCUT2D eigenvalue weighted by molar-refractivity contribution is -0.121. The smallest absolute Gasteiger partial charge is 0.333 e. The Labute approximate surface area is 189 Å². The first kappa shape index (κ1) is 22.2. The molecule has 4 rings (SSSR count). The summed E-state index contributed by atoms with van der Waals surface area (Å²) in [5.74, 6) is -0.452. The number of methoxy groups -OCH3 is 1. The molecular formula is C23H24N6O4.